The Bertz CT molecular complexity index is 1350. The van der Waals surface area contributed by atoms with Crippen LogP contribution in [0.15, 0.2) is 35.3 Å². The molecule has 156 valence electrons. The normalized spacial score (nSPS) is 18.9. The Labute approximate surface area is 184 Å². The molecule has 2 aromatic heterocycles. The number of halogens is 2. The number of benzene rings is 1. The molecule has 3 heterocycles. The van der Waals surface area contributed by atoms with Crippen molar-refractivity contribution in [3.8, 4) is 11.8 Å². The molecule has 1 aliphatic carbocycles. The second kappa shape index (κ2) is 7.09. The van der Waals surface area contributed by atoms with Gasteiger partial charge in [-0.25, -0.2) is 14.5 Å². The smallest absolute Gasteiger partial charge is 0.302 e. The third kappa shape index (κ3) is 3.14. The summed E-state index contributed by atoms with van der Waals surface area (Å²) in [5, 5.41) is 16.9. The molecule has 3 aromatic rings. The predicted octanol–water partition coefficient (Wildman–Crippen LogP) is 2.28. The molecule has 1 aliphatic heterocycles. The average molecular weight is 458 g/mol. The number of anilines is 1. The largest absolute Gasteiger partial charge is 0.343 e. The quantitative estimate of drug-likeness (QED) is 0.621. The van der Waals surface area contributed by atoms with Gasteiger partial charge in [-0.1, -0.05) is 23.2 Å². The first-order valence-corrected chi connectivity index (χ1v) is 10.0. The summed E-state index contributed by atoms with van der Waals surface area (Å²) in [5.41, 5.74) is 4.37. The van der Waals surface area contributed by atoms with E-state index in [1.165, 1.54) is 22.9 Å². The van der Waals surface area contributed by atoms with Crippen molar-refractivity contribution in [2.45, 2.75) is 24.9 Å². The summed E-state index contributed by atoms with van der Waals surface area (Å²) in [6, 6.07) is 5.98. The molecule has 1 saturated heterocycles. The van der Waals surface area contributed by atoms with E-state index in [2.05, 4.69) is 15.8 Å². The monoisotopic (exact) mass is 457 g/mol. The number of aromatic nitrogens is 3. The summed E-state index contributed by atoms with van der Waals surface area (Å²) in [5.74, 6) is -0.748. The van der Waals surface area contributed by atoms with Gasteiger partial charge < -0.3 is 4.57 Å². The number of pyridine rings is 1. The molecule has 1 unspecified atom stereocenters. The number of fused-ring (bicyclic) bond motifs is 1. The van der Waals surface area contributed by atoms with E-state index < -0.39 is 18.0 Å². The lowest BCUT2D eigenvalue weighted by Gasteiger charge is -2.30. The maximum atomic E-state index is 12.3. The van der Waals surface area contributed by atoms with Crippen molar-refractivity contribution in [1.82, 2.24) is 25.1 Å². The summed E-state index contributed by atoms with van der Waals surface area (Å²) < 4.78 is 3.25. The van der Waals surface area contributed by atoms with Crippen molar-refractivity contribution >= 4 is 51.9 Å². The SMILES string of the molecule is N#CC1NN(c2cc(Cl)c(-n3ncc4c3ccc(=O)n4C3CC3)c(Cl)c2)C(=O)NC1=O. The molecule has 10 nitrogen and oxygen atoms in total. The molecule has 31 heavy (non-hydrogen) atoms. The molecule has 12 heteroatoms. The van der Waals surface area contributed by atoms with Gasteiger partial charge in [-0.2, -0.15) is 15.8 Å². The standard InChI is InChI=1S/C19H13Cl2N7O3/c20-11-5-10(27-19(31)24-18(30)13(7-22)25-27)6-12(21)17(11)28-14-3-4-16(29)26(9-1-2-9)15(14)8-23-28/h3-6,8-9,13,25H,1-2H2,(H,24,30,31). The third-order valence-electron chi connectivity index (χ3n) is 5.13. The Morgan fingerprint density at radius 1 is 1.10 bits per heavy atom. The number of hydrogen-bond donors (Lipinski definition) is 2. The number of amides is 3. The van der Waals surface area contributed by atoms with E-state index in [9.17, 15) is 14.4 Å². The summed E-state index contributed by atoms with van der Waals surface area (Å²) in [6.45, 7) is 0. The predicted molar refractivity (Wildman–Crippen MR) is 112 cm³/mol. The number of hydrogen-bond acceptors (Lipinski definition) is 6. The molecular formula is C19H13Cl2N7O3. The van der Waals surface area contributed by atoms with Gasteiger partial charge in [0.25, 0.3) is 11.5 Å². The number of carbonyl (C=O) groups excluding carboxylic acids is 2. The average Bonchev–Trinajstić information content (AvgIpc) is 3.47. The van der Waals surface area contributed by atoms with E-state index in [0.29, 0.717) is 16.7 Å². The van der Waals surface area contributed by atoms with Crippen LogP contribution in [0.3, 0.4) is 0 Å². The lowest BCUT2D eigenvalue weighted by atomic mass is 10.2. The molecule has 1 aromatic carbocycles. The number of carbonyl (C=O) groups is 2. The van der Waals surface area contributed by atoms with Crippen LogP contribution in [0.25, 0.3) is 16.7 Å². The van der Waals surface area contributed by atoms with Crippen LogP contribution >= 0.6 is 23.2 Å². The molecule has 1 saturated carbocycles. The lowest BCUT2D eigenvalue weighted by molar-refractivity contribution is -0.121. The highest BCUT2D eigenvalue weighted by molar-refractivity contribution is 6.38. The summed E-state index contributed by atoms with van der Waals surface area (Å²) >= 11 is 13.0. The molecule has 1 atom stereocenters. The Balaban J connectivity index is 1.59. The van der Waals surface area contributed by atoms with Gasteiger partial charge in [0.15, 0.2) is 6.04 Å². The van der Waals surface area contributed by atoms with Crippen LogP contribution in [0.5, 0.6) is 0 Å². The van der Waals surface area contributed by atoms with Crippen molar-refractivity contribution in [3.05, 3.63) is 50.9 Å². The number of hydrazine groups is 1. The summed E-state index contributed by atoms with van der Waals surface area (Å²) in [7, 11) is 0. The van der Waals surface area contributed by atoms with Crippen LogP contribution in [0.4, 0.5) is 10.5 Å². The molecule has 2 fully saturated rings. The fraction of sp³-hybridized carbons (Fsp3) is 0.211. The molecular weight excluding hydrogens is 445 g/mol. The lowest BCUT2D eigenvalue weighted by Crippen LogP contribution is -2.64. The topological polar surface area (TPSA) is 125 Å². The first-order chi connectivity index (χ1) is 14.9. The zero-order chi connectivity index (χ0) is 21.9. The highest BCUT2D eigenvalue weighted by atomic mass is 35.5. The molecule has 3 amide bonds. The second-order valence-electron chi connectivity index (χ2n) is 7.18. The second-order valence-corrected chi connectivity index (χ2v) is 7.99. The third-order valence-corrected chi connectivity index (χ3v) is 5.71. The van der Waals surface area contributed by atoms with Crippen LogP contribution < -0.4 is 21.3 Å². The Kier molecular flexibility index (Phi) is 4.48. The Morgan fingerprint density at radius 2 is 1.81 bits per heavy atom. The number of nitrogens with zero attached hydrogens (tertiary/aromatic N) is 5. The van der Waals surface area contributed by atoms with Crippen molar-refractivity contribution in [2.24, 2.45) is 0 Å². The number of urea groups is 1. The van der Waals surface area contributed by atoms with Gasteiger partial charge in [0.05, 0.1) is 39.0 Å². The van der Waals surface area contributed by atoms with E-state index in [1.807, 2.05) is 0 Å². The zero-order valence-electron chi connectivity index (χ0n) is 15.7. The van der Waals surface area contributed by atoms with E-state index in [0.717, 1.165) is 17.9 Å². The van der Waals surface area contributed by atoms with Crippen LogP contribution in [0.1, 0.15) is 18.9 Å². The molecule has 0 spiro atoms. The maximum Gasteiger partial charge on any atom is 0.343 e. The van der Waals surface area contributed by atoms with E-state index in [-0.39, 0.29) is 27.3 Å². The molecule has 2 aliphatic rings. The first kappa shape index (κ1) is 19.6. The fourth-order valence-electron chi connectivity index (χ4n) is 3.57. The Hall–Kier alpha value is -3.39. The highest BCUT2D eigenvalue weighted by Crippen LogP contribution is 2.38. The van der Waals surface area contributed by atoms with Gasteiger partial charge in [0.1, 0.15) is 5.69 Å². The minimum atomic E-state index is -1.25. The maximum absolute atomic E-state index is 12.3. The van der Waals surface area contributed by atoms with Crippen molar-refractivity contribution in [3.63, 3.8) is 0 Å². The molecule has 0 radical (unpaired) electrons. The van der Waals surface area contributed by atoms with Crippen LogP contribution in [0, 0.1) is 11.3 Å². The zero-order valence-corrected chi connectivity index (χ0v) is 17.2. The van der Waals surface area contributed by atoms with Gasteiger partial charge in [-0.05, 0) is 31.0 Å². The minimum absolute atomic E-state index is 0.0918. The number of nitrogens with one attached hydrogen (secondary N) is 2. The van der Waals surface area contributed by atoms with Gasteiger partial charge >= 0.3 is 6.03 Å². The summed E-state index contributed by atoms with van der Waals surface area (Å²) in [4.78, 5) is 36.2. The van der Waals surface area contributed by atoms with Crippen molar-refractivity contribution in [1.29, 1.82) is 5.26 Å². The number of nitriles is 1. The van der Waals surface area contributed by atoms with E-state index in [4.69, 9.17) is 28.5 Å². The molecule has 0 bridgehead atoms. The number of imide groups is 1. The minimum Gasteiger partial charge on any atom is -0.302 e. The van der Waals surface area contributed by atoms with Gasteiger partial charge in [-0.15, -0.1) is 0 Å². The fourth-order valence-corrected chi connectivity index (χ4v) is 4.21. The first-order valence-electron chi connectivity index (χ1n) is 9.28. The molecule has 5 rings (SSSR count). The molecule has 2 N–H and O–H groups in total. The number of rotatable bonds is 3. The summed E-state index contributed by atoms with van der Waals surface area (Å²) in [6.07, 6.45) is 3.48. The van der Waals surface area contributed by atoms with Gasteiger partial charge in [-0.3, -0.25) is 14.9 Å². The van der Waals surface area contributed by atoms with Crippen molar-refractivity contribution in [2.75, 3.05) is 5.01 Å². The van der Waals surface area contributed by atoms with Gasteiger partial charge in [0, 0.05) is 12.1 Å². The van der Waals surface area contributed by atoms with Gasteiger partial charge in [0.2, 0.25) is 0 Å². The van der Waals surface area contributed by atoms with Crippen LogP contribution in [-0.4, -0.2) is 32.3 Å². The van der Waals surface area contributed by atoms with Crippen LogP contribution in [0.2, 0.25) is 10.0 Å². The van der Waals surface area contributed by atoms with E-state index >= 15 is 0 Å². The van der Waals surface area contributed by atoms with Crippen LogP contribution in [-0.2, 0) is 4.79 Å². The highest BCUT2D eigenvalue weighted by Gasteiger charge is 2.33. The van der Waals surface area contributed by atoms with Crippen molar-refractivity contribution < 1.29 is 9.59 Å². The van der Waals surface area contributed by atoms with E-state index in [1.54, 1.807) is 22.9 Å². The Morgan fingerprint density at radius 3 is 2.45 bits per heavy atom.